The highest BCUT2D eigenvalue weighted by Gasteiger charge is 2.28. The average Bonchev–Trinajstić information content (AvgIpc) is 2.57. The van der Waals surface area contributed by atoms with Crippen LogP contribution in [0.25, 0.3) is 0 Å². The van der Waals surface area contributed by atoms with Crippen LogP contribution >= 0.6 is 0 Å². The van der Waals surface area contributed by atoms with E-state index in [0.717, 1.165) is 17.0 Å². The predicted octanol–water partition coefficient (Wildman–Crippen LogP) is 2.44. The molecule has 0 aliphatic heterocycles. The SMILES string of the molecule is CCS(=O)(=O)NC1CCC(C(=O)Nc2ccc(OC)cc2C)CC1. The van der Waals surface area contributed by atoms with Gasteiger partial charge in [0.25, 0.3) is 0 Å². The fourth-order valence-corrected chi connectivity index (χ4v) is 3.86. The second-order valence-corrected chi connectivity index (χ2v) is 8.28. The molecule has 0 saturated heterocycles. The third-order valence-electron chi connectivity index (χ3n) is 4.52. The number of amides is 1. The number of ether oxygens (including phenoxy) is 1. The largest absolute Gasteiger partial charge is 0.497 e. The van der Waals surface area contributed by atoms with Gasteiger partial charge in [-0.15, -0.1) is 0 Å². The number of benzene rings is 1. The lowest BCUT2D eigenvalue weighted by molar-refractivity contribution is -0.120. The van der Waals surface area contributed by atoms with E-state index in [2.05, 4.69) is 10.0 Å². The Balaban J connectivity index is 1.89. The number of sulfonamides is 1. The highest BCUT2D eigenvalue weighted by molar-refractivity contribution is 7.89. The molecular formula is C17H26N2O4S. The van der Waals surface area contributed by atoms with E-state index in [0.29, 0.717) is 25.7 Å². The van der Waals surface area contributed by atoms with Crippen molar-refractivity contribution in [2.24, 2.45) is 5.92 Å². The average molecular weight is 354 g/mol. The van der Waals surface area contributed by atoms with Gasteiger partial charge in [0.15, 0.2) is 0 Å². The van der Waals surface area contributed by atoms with E-state index in [9.17, 15) is 13.2 Å². The Morgan fingerprint density at radius 2 is 1.92 bits per heavy atom. The molecule has 1 fully saturated rings. The van der Waals surface area contributed by atoms with Gasteiger partial charge >= 0.3 is 0 Å². The molecule has 0 aromatic heterocycles. The van der Waals surface area contributed by atoms with E-state index >= 15 is 0 Å². The Kier molecular flexibility index (Phi) is 6.23. The summed E-state index contributed by atoms with van der Waals surface area (Å²) in [4.78, 5) is 12.4. The summed E-state index contributed by atoms with van der Waals surface area (Å²) in [5.74, 6) is 0.771. The van der Waals surface area contributed by atoms with Gasteiger partial charge in [0.05, 0.1) is 12.9 Å². The summed E-state index contributed by atoms with van der Waals surface area (Å²) in [6.45, 7) is 3.55. The van der Waals surface area contributed by atoms with Gasteiger partial charge in [0, 0.05) is 17.6 Å². The third-order valence-corrected chi connectivity index (χ3v) is 5.97. The van der Waals surface area contributed by atoms with Gasteiger partial charge in [0.1, 0.15) is 5.75 Å². The molecule has 0 bridgehead atoms. The van der Waals surface area contributed by atoms with Crippen molar-refractivity contribution in [1.29, 1.82) is 0 Å². The van der Waals surface area contributed by atoms with Gasteiger partial charge in [-0.05, 0) is 63.3 Å². The summed E-state index contributed by atoms with van der Waals surface area (Å²) in [5.41, 5.74) is 1.74. The smallest absolute Gasteiger partial charge is 0.227 e. The Morgan fingerprint density at radius 3 is 2.46 bits per heavy atom. The molecule has 24 heavy (non-hydrogen) atoms. The predicted molar refractivity (Wildman–Crippen MR) is 94.7 cm³/mol. The number of rotatable bonds is 6. The lowest BCUT2D eigenvalue weighted by atomic mass is 9.86. The van der Waals surface area contributed by atoms with Crippen molar-refractivity contribution in [3.63, 3.8) is 0 Å². The Morgan fingerprint density at radius 1 is 1.25 bits per heavy atom. The molecule has 1 aromatic rings. The first kappa shape index (κ1) is 18.7. The van der Waals surface area contributed by atoms with E-state index in [1.165, 1.54) is 0 Å². The number of aryl methyl sites for hydroxylation is 1. The van der Waals surface area contributed by atoms with E-state index < -0.39 is 10.0 Å². The van der Waals surface area contributed by atoms with Gasteiger partial charge in [-0.2, -0.15) is 0 Å². The van der Waals surface area contributed by atoms with Crippen LogP contribution in [0.15, 0.2) is 18.2 Å². The second-order valence-electron chi connectivity index (χ2n) is 6.24. The second kappa shape index (κ2) is 7.98. The zero-order valence-electron chi connectivity index (χ0n) is 14.5. The lowest BCUT2D eigenvalue weighted by Gasteiger charge is -2.28. The number of hydrogen-bond donors (Lipinski definition) is 2. The van der Waals surface area contributed by atoms with Crippen molar-refractivity contribution in [2.45, 2.75) is 45.6 Å². The minimum Gasteiger partial charge on any atom is -0.497 e. The zero-order valence-corrected chi connectivity index (χ0v) is 15.3. The summed E-state index contributed by atoms with van der Waals surface area (Å²) in [6, 6.07) is 5.49. The van der Waals surface area contributed by atoms with E-state index in [-0.39, 0.29) is 23.6 Å². The van der Waals surface area contributed by atoms with Gasteiger partial charge in [-0.3, -0.25) is 4.79 Å². The van der Waals surface area contributed by atoms with Crippen molar-refractivity contribution < 1.29 is 17.9 Å². The topological polar surface area (TPSA) is 84.5 Å². The van der Waals surface area contributed by atoms with Crippen molar-refractivity contribution in [3.8, 4) is 5.75 Å². The lowest BCUT2D eigenvalue weighted by Crippen LogP contribution is -2.40. The van der Waals surface area contributed by atoms with E-state index in [1.54, 1.807) is 14.0 Å². The normalized spacial score (nSPS) is 21.3. The first-order valence-corrected chi connectivity index (χ1v) is 9.95. The molecule has 1 amide bonds. The fourth-order valence-electron chi connectivity index (χ4n) is 2.95. The van der Waals surface area contributed by atoms with Crippen LogP contribution in [0.5, 0.6) is 5.75 Å². The number of methoxy groups -OCH3 is 1. The Labute approximate surface area is 144 Å². The number of nitrogens with one attached hydrogen (secondary N) is 2. The van der Waals surface area contributed by atoms with Crippen molar-refractivity contribution in [3.05, 3.63) is 23.8 Å². The first-order chi connectivity index (χ1) is 11.3. The van der Waals surface area contributed by atoms with Crippen LogP contribution in [0.2, 0.25) is 0 Å². The minimum absolute atomic E-state index is 0.0000607. The molecule has 0 atom stereocenters. The Hall–Kier alpha value is -1.60. The highest BCUT2D eigenvalue weighted by Crippen LogP contribution is 2.27. The number of anilines is 1. The van der Waals surface area contributed by atoms with Gasteiger partial charge < -0.3 is 10.1 Å². The molecule has 1 aliphatic carbocycles. The van der Waals surface area contributed by atoms with Crippen LogP contribution in [0.3, 0.4) is 0 Å². The Bertz CT molecular complexity index is 680. The molecule has 1 aliphatic rings. The van der Waals surface area contributed by atoms with Gasteiger partial charge in [-0.25, -0.2) is 13.1 Å². The van der Waals surface area contributed by atoms with Crippen LogP contribution in [0.1, 0.15) is 38.2 Å². The fraction of sp³-hybridized carbons (Fsp3) is 0.588. The maximum Gasteiger partial charge on any atom is 0.227 e. The molecule has 0 radical (unpaired) electrons. The molecule has 7 heteroatoms. The molecule has 0 unspecified atom stereocenters. The quantitative estimate of drug-likeness (QED) is 0.822. The molecule has 2 rings (SSSR count). The maximum absolute atomic E-state index is 12.4. The van der Waals surface area contributed by atoms with E-state index in [4.69, 9.17) is 4.74 Å². The molecule has 6 nitrogen and oxygen atoms in total. The molecular weight excluding hydrogens is 328 g/mol. The standard InChI is InChI=1S/C17H26N2O4S/c1-4-24(21,22)19-14-7-5-13(6-8-14)17(20)18-16-10-9-15(23-3)11-12(16)2/h9-11,13-14,19H,4-8H2,1-3H3,(H,18,20). The summed E-state index contributed by atoms with van der Waals surface area (Å²) in [7, 11) is -1.57. The van der Waals surface area contributed by atoms with Crippen LogP contribution in [-0.4, -0.2) is 33.2 Å². The number of carbonyl (C=O) groups is 1. The summed E-state index contributed by atoms with van der Waals surface area (Å²) in [6.07, 6.45) is 2.77. The van der Waals surface area contributed by atoms with Crippen molar-refractivity contribution >= 4 is 21.6 Å². The summed E-state index contributed by atoms with van der Waals surface area (Å²) in [5, 5.41) is 2.97. The maximum atomic E-state index is 12.4. The first-order valence-electron chi connectivity index (χ1n) is 8.30. The van der Waals surface area contributed by atoms with Crippen LogP contribution in [-0.2, 0) is 14.8 Å². The molecule has 1 saturated carbocycles. The highest BCUT2D eigenvalue weighted by atomic mass is 32.2. The summed E-state index contributed by atoms with van der Waals surface area (Å²) >= 11 is 0. The number of carbonyl (C=O) groups excluding carboxylic acids is 1. The van der Waals surface area contributed by atoms with Crippen molar-refractivity contribution in [2.75, 3.05) is 18.2 Å². The molecule has 134 valence electrons. The zero-order chi connectivity index (χ0) is 17.7. The van der Waals surface area contributed by atoms with Crippen LogP contribution < -0.4 is 14.8 Å². The molecule has 1 aromatic carbocycles. The minimum atomic E-state index is -3.18. The molecule has 0 spiro atoms. The van der Waals surface area contributed by atoms with E-state index in [1.807, 2.05) is 25.1 Å². The van der Waals surface area contributed by atoms with Crippen molar-refractivity contribution in [1.82, 2.24) is 4.72 Å². The number of hydrogen-bond acceptors (Lipinski definition) is 4. The molecule has 2 N–H and O–H groups in total. The van der Waals surface area contributed by atoms with Crippen LogP contribution in [0.4, 0.5) is 5.69 Å². The van der Waals surface area contributed by atoms with Gasteiger partial charge in [-0.1, -0.05) is 0 Å². The van der Waals surface area contributed by atoms with Crippen LogP contribution in [0, 0.1) is 12.8 Å². The monoisotopic (exact) mass is 354 g/mol. The third kappa shape index (κ3) is 4.95. The van der Waals surface area contributed by atoms with Gasteiger partial charge in [0.2, 0.25) is 15.9 Å². The molecule has 0 heterocycles. The summed E-state index contributed by atoms with van der Waals surface area (Å²) < 4.78 is 31.1.